The van der Waals surface area contributed by atoms with E-state index in [1.54, 1.807) is 24.3 Å². The van der Waals surface area contributed by atoms with Crippen LogP contribution in [0.3, 0.4) is 0 Å². The largest absolute Gasteiger partial charge is 0.494 e. The van der Waals surface area contributed by atoms with E-state index in [0.29, 0.717) is 12.2 Å². The molecule has 0 aliphatic rings. The lowest BCUT2D eigenvalue weighted by Gasteiger charge is -2.09. The molecule has 2 N–H and O–H groups in total. The molecular weight excluding hydrogens is 315 g/mol. The summed E-state index contributed by atoms with van der Waals surface area (Å²) >= 11 is 0. The molecule has 0 aliphatic carbocycles. The van der Waals surface area contributed by atoms with Gasteiger partial charge in [0, 0.05) is 19.4 Å². The van der Waals surface area contributed by atoms with E-state index in [9.17, 15) is 22.8 Å². The van der Waals surface area contributed by atoms with Crippen molar-refractivity contribution >= 4 is 11.9 Å². The highest BCUT2D eigenvalue weighted by molar-refractivity contribution is 5.75. The van der Waals surface area contributed by atoms with Crippen LogP contribution in [0, 0.1) is 0 Å². The number of carbonyl (C=O) groups excluding carboxylic acids is 1. The van der Waals surface area contributed by atoms with E-state index in [1.165, 1.54) is 0 Å². The third-order valence-corrected chi connectivity index (χ3v) is 2.85. The van der Waals surface area contributed by atoms with Gasteiger partial charge in [-0.05, 0) is 24.1 Å². The van der Waals surface area contributed by atoms with Gasteiger partial charge in [0.25, 0.3) is 0 Å². The highest BCUT2D eigenvalue weighted by Crippen LogP contribution is 2.21. The Morgan fingerprint density at radius 3 is 2.35 bits per heavy atom. The Labute approximate surface area is 131 Å². The lowest BCUT2D eigenvalue weighted by molar-refractivity contribution is -0.144. The van der Waals surface area contributed by atoms with Gasteiger partial charge < -0.3 is 15.2 Å². The van der Waals surface area contributed by atoms with E-state index >= 15 is 0 Å². The van der Waals surface area contributed by atoms with Crippen molar-refractivity contribution in [2.24, 2.45) is 0 Å². The topological polar surface area (TPSA) is 75.6 Å². The third-order valence-electron chi connectivity index (χ3n) is 2.85. The first kappa shape index (κ1) is 18.8. The number of benzene rings is 1. The van der Waals surface area contributed by atoms with Gasteiger partial charge in [-0.3, -0.25) is 9.59 Å². The summed E-state index contributed by atoms with van der Waals surface area (Å²) in [6.07, 6.45) is -5.64. The Kier molecular flexibility index (Phi) is 7.37. The highest BCUT2D eigenvalue weighted by atomic mass is 19.4. The second-order valence-electron chi connectivity index (χ2n) is 4.88. The Hall–Kier alpha value is -2.25. The smallest absolute Gasteiger partial charge is 0.389 e. The predicted octanol–water partition coefficient (Wildman–Crippen LogP) is 2.89. The van der Waals surface area contributed by atoms with Gasteiger partial charge in [-0.2, -0.15) is 13.2 Å². The number of hydrogen-bond acceptors (Lipinski definition) is 3. The molecule has 1 aromatic carbocycles. The zero-order chi connectivity index (χ0) is 17.3. The molecule has 0 fully saturated rings. The molecule has 0 aliphatic heterocycles. The molecule has 8 heteroatoms. The number of halogens is 3. The third kappa shape index (κ3) is 9.38. The van der Waals surface area contributed by atoms with Crippen LogP contribution in [0.2, 0.25) is 0 Å². The zero-order valence-electron chi connectivity index (χ0n) is 12.4. The molecule has 1 rings (SSSR count). The molecular formula is C15H18F3NO4. The molecule has 1 aromatic rings. The van der Waals surface area contributed by atoms with Crippen LogP contribution in [-0.2, 0) is 16.1 Å². The van der Waals surface area contributed by atoms with Gasteiger partial charge in [0.15, 0.2) is 0 Å². The van der Waals surface area contributed by atoms with Crippen molar-refractivity contribution in [2.45, 2.75) is 38.4 Å². The van der Waals surface area contributed by atoms with Crippen LogP contribution in [0.15, 0.2) is 24.3 Å². The van der Waals surface area contributed by atoms with Gasteiger partial charge in [-0.1, -0.05) is 12.1 Å². The minimum atomic E-state index is -4.34. The number of rotatable bonds is 9. The fourth-order valence-electron chi connectivity index (χ4n) is 1.66. The van der Waals surface area contributed by atoms with E-state index in [4.69, 9.17) is 9.84 Å². The number of hydrogen-bond donors (Lipinski definition) is 2. The molecule has 0 aromatic heterocycles. The molecule has 0 radical (unpaired) electrons. The number of carbonyl (C=O) groups is 2. The molecule has 0 bridgehead atoms. The van der Waals surface area contributed by atoms with E-state index in [0.717, 1.165) is 5.56 Å². The number of amides is 1. The van der Waals surface area contributed by atoms with Gasteiger partial charge in [0.2, 0.25) is 5.91 Å². The first-order valence-electron chi connectivity index (χ1n) is 7.03. The minimum absolute atomic E-state index is 0.0298. The van der Waals surface area contributed by atoms with E-state index in [2.05, 4.69) is 5.32 Å². The zero-order valence-corrected chi connectivity index (χ0v) is 12.4. The van der Waals surface area contributed by atoms with E-state index < -0.39 is 30.9 Å². The number of aliphatic carboxylic acids is 1. The van der Waals surface area contributed by atoms with Crippen molar-refractivity contribution in [1.82, 2.24) is 5.32 Å². The average molecular weight is 333 g/mol. The molecule has 0 saturated carbocycles. The molecule has 0 spiro atoms. The van der Waals surface area contributed by atoms with Crippen LogP contribution in [0.4, 0.5) is 13.2 Å². The maximum Gasteiger partial charge on any atom is 0.389 e. The fraction of sp³-hybridized carbons (Fsp3) is 0.467. The van der Waals surface area contributed by atoms with Crippen molar-refractivity contribution < 1.29 is 32.6 Å². The van der Waals surface area contributed by atoms with Crippen LogP contribution in [0.25, 0.3) is 0 Å². The summed E-state index contributed by atoms with van der Waals surface area (Å²) in [5.74, 6) is -0.982. The van der Waals surface area contributed by atoms with Crippen LogP contribution >= 0.6 is 0 Å². The van der Waals surface area contributed by atoms with Gasteiger partial charge in [0.1, 0.15) is 5.75 Å². The van der Waals surface area contributed by atoms with Gasteiger partial charge >= 0.3 is 12.1 Å². The monoisotopic (exact) mass is 333 g/mol. The average Bonchev–Trinajstić information content (AvgIpc) is 2.47. The van der Waals surface area contributed by atoms with Gasteiger partial charge in [-0.25, -0.2) is 0 Å². The Balaban J connectivity index is 2.28. The number of nitrogens with one attached hydrogen (secondary N) is 1. The number of carboxylic acid groups (broad SMARTS) is 1. The normalized spacial score (nSPS) is 11.1. The quantitative estimate of drug-likeness (QED) is 0.681. The number of alkyl halides is 3. The Morgan fingerprint density at radius 2 is 1.78 bits per heavy atom. The Bertz CT molecular complexity index is 514. The van der Waals surface area contributed by atoms with Crippen LogP contribution < -0.4 is 10.1 Å². The van der Waals surface area contributed by atoms with E-state index in [-0.39, 0.29) is 19.6 Å². The lowest BCUT2D eigenvalue weighted by Crippen LogP contribution is -2.24. The maximum absolute atomic E-state index is 12.0. The van der Waals surface area contributed by atoms with Crippen molar-refractivity contribution in [3.63, 3.8) is 0 Å². The first-order valence-corrected chi connectivity index (χ1v) is 7.03. The molecule has 0 heterocycles. The van der Waals surface area contributed by atoms with Crippen molar-refractivity contribution in [1.29, 1.82) is 0 Å². The van der Waals surface area contributed by atoms with E-state index in [1.807, 2.05) is 0 Å². The predicted molar refractivity (Wildman–Crippen MR) is 75.9 cm³/mol. The summed E-state index contributed by atoms with van der Waals surface area (Å²) in [6, 6.07) is 6.66. The summed E-state index contributed by atoms with van der Waals surface area (Å²) in [6.45, 7) is 0.413. The number of ether oxygens (including phenoxy) is 1. The second-order valence-corrected chi connectivity index (χ2v) is 4.88. The SMILES string of the molecule is O=C(O)CCCOc1ccc(CNC(=O)CCC(F)(F)F)cc1. The highest BCUT2D eigenvalue weighted by Gasteiger charge is 2.27. The van der Waals surface area contributed by atoms with Crippen LogP contribution in [-0.4, -0.2) is 29.8 Å². The summed E-state index contributed by atoms with van der Waals surface area (Å²) < 4.78 is 41.2. The molecule has 5 nitrogen and oxygen atoms in total. The molecule has 128 valence electrons. The van der Waals surface area contributed by atoms with Crippen molar-refractivity contribution in [3.8, 4) is 5.75 Å². The fourth-order valence-corrected chi connectivity index (χ4v) is 1.66. The summed E-state index contributed by atoms with van der Waals surface area (Å²) in [7, 11) is 0. The maximum atomic E-state index is 12.0. The molecule has 0 saturated heterocycles. The van der Waals surface area contributed by atoms with Crippen molar-refractivity contribution in [2.75, 3.05) is 6.61 Å². The molecule has 23 heavy (non-hydrogen) atoms. The molecule has 0 unspecified atom stereocenters. The minimum Gasteiger partial charge on any atom is -0.494 e. The molecule has 0 atom stereocenters. The lowest BCUT2D eigenvalue weighted by atomic mass is 10.2. The van der Waals surface area contributed by atoms with Crippen molar-refractivity contribution in [3.05, 3.63) is 29.8 Å². The summed E-state index contributed by atoms with van der Waals surface area (Å²) in [5, 5.41) is 10.9. The summed E-state index contributed by atoms with van der Waals surface area (Å²) in [5.41, 5.74) is 0.725. The van der Waals surface area contributed by atoms with Gasteiger partial charge in [0.05, 0.1) is 13.0 Å². The standard InChI is InChI=1S/C15H18F3NO4/c16-15(17,18)8-7-13(20)19-10-11-3-5-12(6-4-11)23-9-1-2-14(21)22/h3-6H,1-2,7-10H2,(H,19,20)(H,21,22). The van der Waals surface area contributed by atoms with Crippen LogP contribution in [0.5, 0.6) is 5.75 Å². The Morgan fingerprint density at radius 1 is 1.13 bits per heavy atom. The molecule has 1 amide bonds. The first-order chi connectivity index (χ1) is 10.8. The second kappa shape index (κ2) is 9.02. The van der Waals surface area contributed by atoms with Crippen LogP contribution in [0.1, 0.15) is 31.2 Å². The number of carboxylic acids is 1. The van der Waals surface area contributed by atoms with Gasteiger partial charge in [-0.15, -0.1) is 0 Å². The summed E-state index contributed by atoms with van der Waals surface area (Å²) in [4.78, 5) is 21.6.